The van der Waals surface area contributed by atoms with Gasteiger partial charge in [-0.3, -0.25) is 10.1 Å². The highest BCUT2D eigenvalue weighted by atomic mass is 16.6. The van der Waals surface area contributed by atoms with Crippen LogP contribution in [0.5, 0.6) is 0 Å². The molecule has 0 heterocycles. The second kappa shape index (κ2) is 3.71. The van der Waals surface area contributed by atoms with Gasteiger partial charge >= 0.3 is 0 Å². The Morgan fingerprint density at radius 2 is 2.00 bits per heavy atom. The monoisotopic (exact) mass is 179 g/mol. The molecule has 4 nitrogen and oxygen atoms in total. The van der Waals surface area contributed by atoms with Crippen molar-refractivity contribution in [1.29, 1.82) is 0 Å². The van der Waals surface area contributed by atoms with E-state index in [1.807, 2.05) is 0 Å². The molecule has 0 saturated heterocycles. The van der Waals surface area contributed by atoms with Gasteiger partial charge in [0.05, 0.1) is 10.7 Å². The Balaban J connectivity index is 2.94. The first-order chi connectivity index (χ1) is 6.09. The molecule has 1 aromatic carbocycles. The molecule has 0 aliphatic heterocycles. The van der Waals surface area contributed by atoms with Crippen LogP contribution in [0.4, 0.5) is 5.69 Å². The van der Waals surface area contributed by atoms with Crippen LogP contribution in [0.25, 0.3) is 6.08 Å². The Hall–Kier alpha value is -1.84. The fourth-order valence-corrected chi connectivity index (χ4v) is 0.933. The number of nitro benzene ring substituents is 1. The van der Waals surface area contributed by atoms with Crippen molar-refractivity contribution in [3.8, 4) is 0 Å². The van der Waals surface area contributed by atoms with Gasteiger partial charge in [0.15, 0.2) is 0 Å². The van der Waals surface area contributed by atoms with Crippen LogP contribution in [0.1, 0.15) is 12.5 Å². The molecule has 0 amide bonds. The van der Waals surface area contributed by atoms with Crippen LogP contribution in [0.15, 0.2) is 30.0 Å². The number of hydrogen-bond donors (Lipinski definition) is 1. The molecule has 0 fully saturated rings. The van der Waals surface area contributed by atoms with Gasteiger partial charge in [-0.25, -0.2) is 0 Å². The van der Waals surface area contributed by atoms with Gasteiger partial charge in [0.2, 0.25) is 0 Å². The zero-order valence-corrected chi connectivity index (χ0v) is 7.10. The second-order valence-corrected chi connectivity index (χ2v) is 2.63. The van der Waals surface area contributed by atoms with Crippen LogP contribution in [0.2, 0.25) is 0 Å². The number of aliphatic hydroxyl groups excluding tert-OH is 1. The SMILES string of the molecule is CC(O)=Cc1ccc([N+](=O)[O-])cc1. The molecule has 0 aromatic heterocycles. The normalized spacial score (nSPS) is 11.3. The summed E-state index contributed by atoms with van der Waals surface area (Å²) in [5.74, 6) is 0.175. The molecule has 0 aliphatic carbocycles. The van der Waals surface area contributed by atoms with E-state index in [1.165, 1.54) is 18.2 Å². The molecule has 68 valence electrons. The van der Waals surface area contributed by atoms with Gasteiger partial charge in [0.1, 0.15) is 0 Å². The molecule has 0 bridgehead atoms. The molecule has 4 heteroatoms. The van der Waals surface area contributed by atoms with E-state index >= 15 is 0 Å². The summed E-state index contributed by atoms with van der Waals surface area (Å²) >= 11 is 0. The van der Waals surface area contributed by atoms with Gasteiger partial charge in [0, 0.05) is 12.1 Å². The van der Waals surface area contributed by atoms with Crippen LogP contribution in [-0.2, 0) is 0 Å². The lowest BCUT2D eigenvalue weighted by Crippen LogP contribution is -1.86. The van der Waals surface area contributed by atoms with Crippen LogP contribution < -0.4 is 0 Å². The molecule has 0 atom stereocenters. The highest BCUT2D eigenvalue weighted by molar-refractivity contribution is 5.52. The summed E-state index contributed by atoms with van der Waals surface area (Å²) < 4.78 is 0. The van der Waals surface area contributed by atoms with E-state index in [0.29, 0.717) is 0 Å². The number of allylic oxidation sites excluding steroid dienone is 1. The van der Waals surface area contributed by atoms with Gasteiger partial charge < -0.3 is 5.11 Å². The van der Waals surface area contributed by atoms with E-state index in [9.17, 15) is 10.1 Å². The van der Waals surface area contributed by atoms with E-state index in [-0.39, 0.29) is 11.4 Å². The molecular formula is C9H9NO3. The average molecular weight is 179 g/mol. The standard InChI is InChI=1S/C9H9NO3/c1-7(11)6-8-2-4-9(5-3-8)10(12)13/h2-6,11H,1H3. The van der Waals surface area contributed by atoms with E-state index in [2.05, 4.69) is 0 Å². The molecule has 1 N–H and O–H groups in total. The first-order valence-corrected chi connectivity index (χ1v) is 3.71. The predicted molar refractivity (Wildman–Crippen MR) is 49.4 cm³/mol. The Morgan fingerprint density at radius 1 is 1.46 bits per heavy atom. The molecule has 0 spiro atoms. The van der Waals surface area contributed by atoms with Gasteiger partial charge in [-0.2, -0.15) is 0 Å². The fourth-order valence-electron chi connectivity index (χ4n) is 0.933. The molecule has 1 rings (SSSR count). The second-order valence-electron chi connectivity index (χ2n) is 2.63. The summed E-state index contributed by atoms with van der Waals surface area (Å²) in [6.45, 7) is 1.54. The zero-order valence-electron chi connectivity index (χ0n) is 7.10. The number of rotatable bonds is 2. The van der Waals surface area contributed by atoms with Gasteiger partial charge in [-0.1, -0.05) is 0 Å². The number of nitro groups is 1. The van der Waals surface area contributed by atoms with Crippen LogP contribution >= 0.6 is 0 Å². The minimum Gasteiger partial charge on any atom is -0.513 e. The number of hydrogen-bond acceptors (Lipinski definition) is 3. The van der Waals surface area contributed by atoms with Crippen LogP contribution in [0, 0.1) is 10.1 Å². The quantitative estimate of drug-likeness (QED) is 0.431. The lowest BCUT2D eigenvalue weighted by molar-refractivity contribution is -0.384. The van der Waals surface area contributed by atoms with Crippen molar-refractivity contribution >= 4 is 11.8 Å². The third-order valence-corrected chi connectivity index (χ3v) is 1.48. The summed E-state index contributed by atoms with van der Waals surface area (Å²) in [6, 6.07) is 5.96. The fraction of sp³-hybridized carbons (Fsp3) is 0.111. The topological polar surface area (TPSA) is 63.4 Å². The first kappa shape index (κ1) is 9.25. The maximum atomic E-state index is 10.3. The lowest BCUT2D eigenvalue weighted by atomic mass is 10.2. The Kier molecular flexibility index (Phi) is 2.64. The van der Waals surface area contributed by atoms with Crippen molar-refractivity contribution < 1.29 is 10.0 Å². The molecule has 1 aromatic rings. The first-order valence-electron chi connectivity index (χ1n) is 3.71. The van der Waals surface area contributed by atoms with Crippen LogP contribution in [-0.4, -0.2) is 10.0 Å². The molecule has 13 heavy (non-hydrogen) atoms. The third kappa shape index (κ3) is 2.59. The summed E-state index contributed by atoms with van der Waals surface area (Å²) in [6.07, 6.45) is 1.53. The van der Waals surface area contributed by atoms with Crippen molar-refractivity contribution in [2.75, 3.05) is 0 Å². The molecular weight excluding hydrogens is 170 g/mol. The predicted octanol–water partition coefficient (Wildman–Crippen LogP) is 2.51. The van der Waals surface area contributed by atoms with Crippen molar-refractivity contribution in [2.24, 2.45) is 0 Å². The Bertz CT molecular complexity index is 336. The summed E-state index contributed by atoms with van der Waals surface area (Å²) in [4.78, 5) is 9.82. The number of non-ortho nitro benzene ring substituents is 1. The zero-order chi connectivity index (χ0) is 9.84. The van der Waals surface area contributed by atoms with Gasteiger partial charge in [-0.15, -0.1) is 0 Å². The summed E-state index contributed by atoms with van der Waals surface area (Å²) in [5.41, 5.74) is 0.790. The van der Waals surface area contributed by atoms with E-state index in [0.717, 1.165) is 5.56 Å². The van der Waals surface area contributed by atoms with E-state index in [1.54, 1.807) is 19.1 Å². The lowest BCUT2D eigenvalue weighted by Gasteiger charge is -1.93. The van der Waals surface area contributed by atoms with Crippen molar-refractivity contribution in [3.05, 3.63) is 45.7 Å². The van der Waals surface area contributed by atoms with Crippen molar-refractivity contribution in [2.45, 2.75) is 6.92 Å². The molecule has 0 saturated carbocycles. The third-order valence-electron chi connectivity index (χ3n) is 1.48. The summed E-state index contributed by atoms with van der Waals surface area (Å²) in [5, 5.41) is 19.2. The number of nitrogens with zero attached hydrogens (tertiary/aromatic N) is 1. The van der Waals surface area contributed by atoms with E-state index in [4.69, 9.17) is 5.11 Å². The summed E-state index contributed by atoms with van der Waals surface area (Å²) in [7, 11) is 0. The van der Waals surface area contributed by atoms with Gasteiger partial charge in [0.25, 0.3) is 5.69 Å². The highest BCUT2D eigenvalue weighted by Gasteiger charge is 2.02. The van der Waals surface area contributed by atoms with E-state index < -0.39 is 4.92 Å². The maximum Gasteiger partial charge on any atom is 0.269 e. The highest BCUT2D eigenvalue weighted by Crippen LogP contribution is 2.13. The molecule has 0 unspecified atom stereocenters. The minimum absolute atomic E-state index is 0.0488. The largest absolute Gasteiger partial charge is 0.513 e. The smallest absolute Gasteiger partial charge is 0.269 e. The Morgan fingerprint density at radius 3 is 2.38 bits per heavy atom. The molecule has 0 aliphatic rings. The Labute approximate surface area is 75.3 Å². The minimum atomic E-state index is -0.459. The molecule has 0 radical (unpaired) electrons. The van der Waals surface area contributed by atoms with Gasteiger partial charge in [-0.05, 0) is 30.7 Å². The average Bonchev–Trinajstić information content (AvgIpc) is 2.04. The van der Waals surface area contributed by atoms with Crippen molar-refractivity contribution in [1.82, 2.24) is 0 Å². The van der Waals surface area contributed by atoms with Crippen LogP contribution in [0.3, 0.4) is 0 Å². The van der Waals surface area contributed by atoms with Crippen molar-refractivity contribution in [3.63, 3.8) is 0 Å². The number of benzene rings is 1. The number of aliphatic hydroxyl groups is 1. The maximum absolute atomic E-state index is 10.3.